The van der Waals surface area contributed by atoms with Crippen molar-refractivity contribution in [3.63, 3.8) is 0 Å². The minimum atomic E-state index is 0.0765. The first-order valence-corrected chi connectivity index (χ1v) is 5.10. The lowest BCUT2D eigenvalue weighted by atomic mass is 10.1. The Morgan fingerprint density at radius 1 is 1.38 bits per heavy atom. The zero-order valence-corrected chi connectivity index (χ0v) is 9.62. The quantitative estimate of drug-likeness (QED) is 0.620. The monoisotopic (exact) mass is 220 g/mol. The molecule has 0 aliphatic rings. The van der Waals surface area contributed by atoms with E-state index in [1.54, 1.807) is 7.11 Å². The van der Waals surface area contributed by atoms with Crippen molar-refractivity contribution in [1.82, 2.24) is 0 Å². The Kier molecular flexibility index (Phi) is 5.41. The highest BCUT2D eigenvalue weighted by molar-refractivity contribution is 5.47. The van der Waals surface area contributed by atoms with Gasteiger partial charge in [-0.25, -0.2) is 0 Å². The van der Waals surface area contributed by atoms with Gasteiger partial charge in [-0.3, -0.25) is 0 Å². The lowest BCUT2D eigenvalue weighted by Crippen LogP contribution is -2.00. The van der Waals surface area contributed by atoms with E-state index in [1.165, 1.54) is 0 Å². The van der Waals surface area contributed by atoms with Crippen LogP contribution in [-0.2, 0) is 4.74 Å². The largest absolute Gasteiger partial charge is 0.466 e. The van der Waals surface area contributed by atoms with Crippen LogP contribution in [-0.4, -0.2) is 25.6 Å². The van der Waals surface area contributed by atoms with E-state index < -0.39 is 0 Å². The Morgan fingerprint density at radius 3 is 2.88 bits per heavy atom. The molecule has 0 fully saturated rings. The standard InChI is InChI=1S/C13H16O3/c1-11-6-7-13(16-10-15-2)12(9-11)5-3-4-8-14/h6-7,9,14H,4,8,10H2,1-2H3. The highest BCUT2D eigenvalue weighted by Crippen LogP contribution is 2.18. The molecule has 1 aromatic rings. The van der Waals surface area contributed by atoms with E-state index in [0.29, 0.717) is 12.2 Å². The number of ether oxygens (including phenoxy) is 2. The van der Waals surface area contributed by atoms with Crippen molar-refractivity contribution in [2.75, 3.05) is 20.5 Å². The molecule has 1 aromatic carbocycles. The second-order valence-electron chi connectivity index (χ2n) is 3.33. The van der Waals surface area contributed by atoms with Gasteiger partial charge in [0.05, 0.1) is 12.2 Å². The normalized spacial score (nSPS) is 9.44. The Labute approximate surface area is 96.0 Å². The van der Waals surface area contributed by atoms with Crippen LogP contribution < -0.4 is 4.74 Å². The van der Waals surface area contributed by atoms with Crippen LogP contribution in [0.3, 0.4) is 0 Å². The molecule has 86 valence electrons. The number of aliphatic hydroxyl groups excluding tert-OH is 1. The molecule has 0 aliphatic carbocycles. The van der Waals surface area contributed by atoms with Crippen molar-refractivity contribution >= 4 is 0 Å². The van der Waals surface area contributed by atoms with Gasteiger partial charge in [-0.15, -0.1) is 0 Å². The van der Waals surface area contributed by atoms with Crippen molar-refractivity contribution in [3.8, 4) is 17.6 Å². The van der Waals surface area contributed by atoms with Crippen molar-refractivity contribution in [1.29, 1.82) is 0 Å². The average Bonchev–Trinajstić information content (AvgIpc) is 2.28. The summed E-state index contributed by atoms with van der Waals surface area (Å²) >= 11 is 0. The van der Waals surface area contributed by atoms with Crippen LogP contribution in [0.4, 0.5) is 0 Å². The van der Waals surface area contributed by atoms with Gasteiger partial charge in [0, 0.05) is 13.5 Å². The summed E-state index contributed by atoms with van der Waals surface area (Å²) in [5.74, 6) is 6.55. The van der Waals surface area contributed by atoms with Crippen LogP contribution in [0.5, 0.6) is 5.75 Å². The minimum Gasteiger partial charge on any atom is -0.466 e. The number of methoxy groups -OCH3 is 1. The Bertz CT molecular complexity index is 388. The smallest absolute Gasteiger partial charge is 0.188 e. The van der Waals surface area contributed by atoms with Crippen LogP contribution in [0.1, 0.15) is 17.5 Å². The molecule has 1 N–H and O–H groups in total. The van der Waals surface area contributed by atoms with Crippen LogP contribution >= 0.6 is 0 Å². The first-order valence-electron chi connectivity index (χ1n) is 5.10. The first-order chi connectivity index (χ1) is 7.77. The fourth-order valence-electron chi connectivity index (χ4n) is 1.20. The maximum absolute atomic E-state index is 8.66. The van der Waals surface area contributed by atoms with Crippen molar-refractivity contribution in [2.24, 2.45) is 0 Å². The maximum atomic E-state index is 8.66. The molecule has 3 nitrogen and oxygen atoms in total. The van der Waals surface area contributed by atoms with Gasteiger partial charge in [0.1, 0.15) is 5.75 Å². The molecule has 0 unspecified atom stereocenters. The molecular weight excluding hydrogens is 204 g/mol. The summed E-state index contributed by atoms with van der Waals surface area (Å²) in [5, 5.41) is 8.66. The fourth-order valence-corrected chi connectivity index (χ4v) is 1.20. The molecular formula is C13H16O3. The zero-order valence-electron chi connectivity index (χ0n) is 9.62. The molecule has 0 spiro atoms. The molecule has 0 saturated carbocycles. The Hall–Kier alpha value is -1.50. The zero-order chi connectivity index (χ0) is 11.8. The summed E-state index contributed by atoms with van der Waals surface area (Å²) in [6.45, 7) is 2.28. The number of aliphatic hydroxyl groups is 1. The molecule has 0 radical (unpaired) electrons. The summed E-state index contributed by atoms with van der Waals surface area (Å²) in [5.41, 5.74) is 1.95. The Balaban J connectivity index is 2.86. The second-order valence-corrected chi connectivity index (χ2v) is 3.33. The molecule has 16 heavy (non-hydrogen) atoms. The van der Waals surface area contributed by atoms with E-state index in [9.17, 15) is 0 Å². The summed E-state index contributed by atoms with van der Waals surface area (Å²) < 4.78 is 10.2. The first kappa shape index (κ1) is 12.6. The van der Waals surface area contributed by atoms with Crippen LogP contribution in [0, 0.1) is 18.8 Å². The van der Waals surface area contributed by atoms with Gasteiger partial charge in [-0.2, -0.15) is 0 Å². The van der Waals surface area contributed by atoms with E-state index in [0.717, 1.165) is 11.1 Å². The van der Waals surface area contributed by atoms with Gasteiger partial charge < -0.3 is 14.6 Å². The van der Waals surface area contributed by atoms with E-state index >= 15 is 0 Å². The summed E-state index contributed by atoms with van der Waals surface area (Å²) in [4.78, 5) is 0. The Morgan fingerprint density at radius 2 is 2.19 bits per heavy atom. The molecule has 0 aliphatic heterocycles. The highest BCUT2D eigenvalue weighted by Gasteiger charge is 2.00. The number of aryl methyl sites for hydroxylation is 1. The number of hydrogen-bond donors (Lipinski definition) is 1. The van der Waals surface area contributed by atoms with E-state index in [2.05, 4.69) is 11.8 Å². The van der Waals surface area contributed by atoms with Gasteiger partial charge in [-0.1, -0.05) is 17.9 Å². The molecule has 0 aromatic heterocycles. The van der Waals surface area contributed by atoms with E-state index in [4.69, 9.17) is 14.6 Å². The molecule has 3 heteroatoms. The molecule has 0 amide bonds. The third kappa shape index (κ3) is 3.93. The van der Waals surface area contributed by atoms with E-state index in [-0.39, 0.29) is 13.4 Å². The van der Waals surface area contributed by atoms with Crippen molar-refractivity contribution in [3.05, 3.63) is 29.3 Å². The lowest BCUT2D eigenvalue weighted by Gasteiger charge is -2.07. The van der Waals surface area contributed by atoms with Crippen LogP contribution in [0.15, 0.2) is 18.2 Å². The lowest BCUT2D eigenvalue weighted by molar-refractivity contribution is 0.0509. The predicted octanol–water partition coefficient (Wildman–Crippen LogP) is 1.71. The number of hydrogen-bond acceptors (Lipinski definition) is 3. The number of rotatable bonds is 4. The van der Waals surface area contributed by atoms with Gasteiger partial charge in [0.25, 0.3) is 0 Å². The summed E-state index contributed by atoms with van der Waals surface area (Å²) in [6, 6.07) is 5.79. The fraction of sp³-hybridized carbons (Fsp3) is 0.385. The SMILES string of the molecule is COCOc1ccc(C)cc1C#CCCO. The molecule has 0 bridgehead atoms. The third-order valence-electron chi connectivity index (χ3n) is 1.93. The average molecular weight is 220 g/mol. The van der Waals surface area contributed by atoms with Crippen molar-refractivity contribution in [2.45, 2.75) is 13.3 Å². The summed E-state index contributed by atoms with van der Waals surface area (Å²) in [6.07, 6.45) is 0.470. The molecule has 0 heterocycles. The highest BCUT2D eigenvalue weighted by atomic mass is 16.7. The van der Waals surface area contributed by atoms with Crippen molar-refractivity contribution < 1.29 is 14.6 Å². The summed E-state index contributed by atoms with van der Waals surface area (Å²) in [7, 11) is 1.57. The van der Waals surface area contributed by atoms with Crippen LogP contribution in [0.2, 0.25) is 0 Å². The van der Waals surface area contributed by atoms with Gasteiger partial charge >= 0.3 is 0 Å². The van der Waals surface area contributed by atoms with Crippen LogP contribution in [0.25, 0.3) is 0 Å². The topological polar surface area (TPSA) is 38.7 Å². The molecule has 0 atom stereocenters. The maximum Gasteiger partial charge on any atom is 0.188 e. The third-order valence-corrected chi connectivity index (χ3v) is 1.93. The van der Waals surface area contributed by atoms with Gasteiger partial charge in [0.2, 0.25) is 0 Å². The molecule has 1 rings (SSSR count). The van der Waals surface area contributed by atoms with E-state index in [1.807, 2.05) is 25.1 Å². The van der Waals surface area contributed by atoms with Gasteiger partial charge in [-0.05, 0) is 24.6 Å². The molecule has 0 saturated heterocycles. The predicted molar refractivity (Wildman–Crippen MR) is 62.3 cm³/mol. The minimum absolute atomic E-state index is 0.0765. The van der Waals surface area contributed by atoms with Gasteiger partial charge in [0.15, 0.2) is 6.79 Å². The number of benzene rings is 1. The second kappa shape index (κ2) is 6.89.